The van der Waals surface area contributed by atoms with Gasteiger partial charge in [0.2, 0.25) is 0 Å². The Balaban J connectivity index is 1.43. The summed E-state index contributed by atoms with van der Waals surface area (Å²) in [5.74, 6) is 1.51. The summed E-state index contributed by atoms with van der Waals surface area (Å²) in [6, 6.07) is 25.5. The SMILES string of the molecule is COc1ccc(/C=C/C(=O)c2ccc(-n3cccc3)cc2)cc1COc1ccc(C(C)(C)C)cc1. The average molecular weight is 466 g/mol. The first-order valence-corrected chi connectivity index (χ1v) is 11.7. The van der Waals surface area contributed by atoms with Crippen LogP contribution in [-0.4, -0.2) is 17.5 Å². The quantitative estimate of drug-likeness (QED) is 0.203. The molecule has 0 atom stereocenters. The fourth-order valence-electron chi connectivity index (χ4n) is 3.80. The van der Waals surface area contributed by atoms with Gasteiger partial charge in [-0.2, -0.15) is 0 Å². The highest BCUT2D eigenvalue weighted by Gasteiger charge is 2.13. The van der Waals surface area contributed by atoms with Crippen LogP contribution in [0.3, 0.4) is 0 Å². The molecule has 4 aromatic rings. The monoisotopic (exact) mass is 465 g/mol. The zero-order valence-corrected chi connectivity index (χ0v) is 20.7. The van der Waals surface area contributed by atoms with Gasteiger partial charge in [0, 0.05) is 29.2 Å². The predicted molar refractivity (Wildman–Crippen MR) is 142 cm³/mol. The van der Waals surface area contributed by atoms with Crippen molar-refractivity contribution in [1.29, 1.82) is 0 Å². The number of aromatic nitrogens is 1. The van der Waals surface area contributed by atoms with E-state index in [-0.39, 0.29) is 11.2 Å². The Morgan fingerprint density at radius 3 is 2.23 bits per heavy atom. The van der Waals surface area contributed by atoms with Gasteiger partial charge >= 0.3 is 0 Å². The summed E-state index contributed by atoms with van der Waals surface area (Å²) < 4.78 is 13.5. The number of hydrogen-bond acceptors (Lipinski definition) is 3. The van der Waals surface area contributed by atoms with E-state index in [0.717, 1.165) is 28.3 Å². The lowest BCUT2D eigenvalue weighted by Gasteiger charge is -2.19. The van der Waals surface area contributed by atoms with Crippen LogP contribution in [0.5, 0.6) is 11.5 Å². The van der Waals surface area contributed by atoms with E-state index in [1.165, 1.54) is 5.56 Å². The molecule has 0 amide bonds. The highest BCUT2D eigenvalue weighted by atomic mass is 16.5. The smallest absolute Gasteiger partial charge is 0.185 e. The van der Waals surface area contributed by atoms with Gasteiger partial charge in [0.1, 0.15) is 18.1 Å². The van der Waals surface area contributed by atoms with Gasteiger partial charge in [-0.15, -0.1) is 0 Å². The number of ether oxygens (including phenoxy) is 2. The molecule has 0 aliphatic carbocycles. The first-order chi connectivity index (χ1) is 16.8. The van der Waals surface area contributed by atoms with Gasteiger partial charge in [0.25, 0.3) is 0 Å². The van der Waals surface area contributed by atoms with Gasteiger partial charge in [-0.05, 0) is 83.3 Å². The van der Waals surface area contributed by atoms with Crippen LogP contribution in [0.2, 0.25) is 0 Å². The third-order valence-electron chi connectivity index (χ3n) is 5.90. The fraction of sp³-hybridized carbons (Fsp3) is 0.194. The second-order valence-corrected chi connectivity index (χ2v) is 9.47. The Bertz CT molecular complexity index is 1290. The molecular weight excluding hydrogens is 434 g/mol. The summed E-state index contributed by atoms with van der Waals surface area (Å²) in [5.41, 5.74) is 4.85. The number of allylic oxidation sites excluding steroid dienone is 1. The molecule has 3 aromatic carbocycles. The second-order valence-electron chi connectivity index (χ2n) is 9.47. The lowest BCUT2D eigenvalue weighted by Crippen LogP contribution is -2.10. The van der Waals surface area contributed by atoms with Gasteiger partial charge in [-0.1, -0.05) is 45.0 Å². The van der Waals surface area contributed by atoms with Crippen molar-refractivity contribution in [2.75, 3.05) is 7.11 Å². The molecule has 0 radical (unpaired) electrons. The molecule has 35 heavy (non-hydrogen) atoms. The highest BCUT2D eigenvalue weighted by molar-refractivity contribution is 6.06. The molecule has 0 unspecified atom stereocenters. The molecule has 4 rings (SSSR count). The Morgan fingerprint density at radius 2 is 1.60 bits per heavy atom. The molecule has 0 saturated heterocycles. The number of hydrogen-bond donors (Lipinski definition) is 0. The van der Waals surface area contributed by atoms with E-state index in [2.05, 4.69) is 32.9 Å². The van der Waals surface area contributed by atoms with Gasteiger partial charge in [0.15, 0.2) is 5.78 Å². The molecule has 0 aliphatic rings. The third-order valence-corrected chi connectivity index (χ3v) is 5.90. The fourth-order valence-corrected chi connectivity index (χ4v) is 3.80. The highest BCUT2D eigenvalue weighted by Crippen LogP contribution is 2.26. The molecule has 0 aliphatic heterocycles. The van der Waals surface area contributed by atoms with E-state index in [0.29, 0.717) is 12.2 Å². The zero-order chi connectivity index (χ0) is 24.8. The van der Waals surface area contributed by atoms with Crippen LogP contribution in [-0.2, 0) is 12.0 Å². The van der Waals surface area contributed by atoms with E-state index in [9.17, 15) is 4.79 Å². The van der Waals surface area contributed by atoms with Crippen molar-refractivity contribution in [3.8, 4) is 17.2 Å². The second kappa shape index (κ2) is 10.5. The van der Waals surface area contributed by atoms with E-state index in [1.807, 2.05) is 89.8 Å². The van der Waals surface area contributed by atoms with Crippen molar-refractivity contribution in [2.45, 2.75) is 32.8 Å². The third kappa shape index (κ3) is 6.10. The van der Waals surface area contributed by atoms with Crippen molar-refractivity contribution in [2.24, 2.45) is 0 Å². The minimum Gasteiger partial charge on any atom is -0.496 e. The Morgan fingerprint density at radius 1 is 0.914 bits per heavy atom. The first kappa shape index (κ1) is 24.1. The largest absolute Gasteiger partial charge is 0.496 e. The summed E-state index contributed by atoms with van der Waals surface area (Å²) in [6.07, 6.45) is 7.37. The Kier molecular flexibility index (Phi) is 7.21. The molecular formula is C31H31NO3. The van der Waals surface area contributed by atoms with Crippen LogP contribution in [0.4, 0.5) is 0 Å². The number of carbonyl (C=O) groups is 1. The maximum absolute atomic E-state index is 12.7. The number of ketones is 1. The average Bonchev–Trinajstić information content (AvgIpc) is 3.41. The molecule has 0 bridgehead atoms. The van der Waals surface area contributed by atoms with Gasteiger partial charge < -0.3 is 14.0 Å². The molecule has 178 valence electrons. The van der Waals surface area contributed by atoms with Crippen molar-refractivity contribution in [3.05, 3.63) is 120 Å². The van der Waals surface area contributed by atoms with Crippen molar-refractivity contribution >= 4 is 11.9 Å². The van der Waals surface area contributed by atoms with Crippen LogP contribution >= 0.6 is 0 Å². The first-order valence-electron chi connectivity index (χ1n) is 11.7. The van der Waals surface area contributed by atoms with E-state index in [1.54, 1.807) is 13.2 Å². The minimum atomic E-state index is -0.0448. The van der Waals surface area contributed by atoms with Crippen LogP contribution in [0.15, 0.2) is 97.3 Å². The predicted octanol–water partition coefficient (Wildman–Crippen LogP) is 7.26. The van der Waals surface area contributed by atoms with Crippen molar-refractivity contribution < 1.29 is 14.3 Å². The summed E-state index contributed by atoms with van der Waals surface area (Å²) in [4.78, 5) is 12.7. The maximum Gasteiger partial charge on any atom is 0.185 e. The normalized spacial score (nSPS) is 11.5. The van der Waals surface area contributed by atoms with E-state index in [4.69, 9.17) is 9.47 Å². The number of rotatable bonds is 8. The van der Waals surface area contributed by atoms with E-state index >= 15 is 0 Å². The lowest BCUT2D eigenvalue weighted by molar-refractivity contribution is 0.104. The van der Waals surface area contributed by atoms with Crippen molar-refractivity contribution in [1.82, 2.24) is 4.57 Å². The molecule has 1 heterocycles. The summed E-state index contributed by atoms with van der Waals surface area (Å²) >= 11 is 0. The van der Waals surface area contributed by atoms with Crippen LogP contribution in [0.25, 0.3) is 11.8 Å². The lowest BCUT2D eigenvalue weighted by atomic mass is 9.87. The molecule has 4 heteroatoms. The van der Waals surface area contributed by atoms with Crippen LogP contribution in [0, 0.1) is 0 Å². The van der Waals surface area contributed by atoms with Crippen LogP contribution < -0.4 is 9.47 Å². The molecule has 0 fully saturated rings. The van der Waals surface area contributed by atoms with Crippen LogP contribution in [0.1, 0.15) is 47.8 Å². The van der Waals surface area contributed by atoms with Gasteiger partial charge in [-0.3, -0.25) is 4.79 Å². The molecule has 0 spiro atoms. The zero-order valence-electron chi connectivity index (χ0n) is 20.7. The Hall–Kier alpha value is -4.05. The minimum absolute atomic E-state index is 0.0448. The summed E-state index contributed by atoms with van der Waals surface area (Å²) in [7, 11) is 1.65. The standard InChI is InChI=1S/C31H31NO3/c1-31(2,3)26-11-15-28(16-12-26)35-22-25-21-23(8-18-30(25)34-4)7-17-29(33)24-9-13-27(14-10-24)32-19-5-6-20-32/h5-21H,22H2,1-4H3/b17-7+. The molecule has 4 nitrogen and oxygen atoms in total. The van der Waals surface area contributed by atoms with E-state index < -0.39 is 0 Å². The molecule has 1 aromatic heterocycles. The number of benzene rings is 3. The summed E-state index contributed by atoms with van der Waals surface area (Å²) in [6.45, 7) is 6.94. The summed E-state index contributed by atoms with van der Waals surface area (Å²) in [5, 5.41) is 0. The molecule has 0 N–H and O–H groups in total. The number of carbonyl (C=O) groups excluding carboxylic acids is 1. The maximum atomic E-state index is 12.7. The Labute approximate surface area is 207 Å². The topological polar surface area (TPSA) is 40.5 Å². The van der Waals surface area contributed by atoms with Crippen molar-refractivity contribution in [3.63, 3.8) is 0 Å². The molecule has 0 saturated carbocycles. The van der Waals surface area contributed by atoms with Gasteiger partial charge in [-0.25, -0.2) is 0 Å². The number of nitrogens with zero attached hydrogens (tertiary/aromatic N) is 1. The number of methoxy groups -OCH3 is 1. The van der Waals surface area contributed by atoms with Gasteiger partial charge in [0.05, 0.1) is 7.11 Å².